The molecule has 0 fully saturated rings. The van der Waals surface area contributed by atoms with Gasteiger partial charge in [0.2, 0.25) is 0 Å². The van der Waals surface area contributed by atoms with Crippen LogP contribution >= 0.6 is 23.2 Å². The highest BCUT2D eigenvalue weighted by Crippen LogP contribution is 1.75. The summed E-state index contributed by atoms with van der Waals surface area (Å²) in [4.78, 5) is 8.78. The molecule has 0 aliphatic heterocycles. The first-order chi connectivity index (χ1) is 3.65. The topological polar surface area (TPSA) is 63.3 Å². The first-order valence-corrected chi connectivity index (χ1v) is 2.82. The van der Waals surface area contributed by atoms with Crippen molar-refractivity contribution in [2.75, 3.05) is 11.8 Å². The fourth-order valence-electron chi connectivity index (χ4n) is 0. The van der Waals surface area contributed by atoms with Crippen LogP contribution in [0, 0.1) is 0 Å². The van der Waals surface area contributed by atoms with E-state index in [1.807, 2.05) is 0 Å². The average Bonchev–Trinajstić information content (AvgIpc) is 1.65. The van der Waals surface area contributed by atoms with Crippen LogP contribution < -0.4 is 5.73 Å². The highest BCUT2D eigenvalue weighted by atomic mass is 35.5. The molecular formula is C3H7Cl2NO2. The van der Waals surface area contributed by atoms with Crippen molar-refractivity contribution >= 4 is 29.3 Å². The van der Waals surface area contributed by atoms with E-state index in [1.54, 1.807) is 0 Å². The molecule has 50 valence electrons. The number of carboxylic acid groups (broad SMARTS) is 1. The van der Waals surface area contributed by atoms with Crippen LogP contribution in [0.3, 0.4) is 0 Å². The lowest BCUT2D eigenvalue weighted by molar-refractivity contribution is 0.205. The Labute approximate surface area is 57.4 Å². The fourth-order valence-corrected chi connectivity index (χ4v) is 0. The maximum Gasteiger partial charge on any atom is 0.402 e. The van der Waals surface area contributed by atoms with Gasteiger partial charge >= 0.3 is 6.09 Å². The molecule has 3 N–H and O–H groups in total. The van der Waals surface area contributed by atoms with Gasteiger partial charge in [0.1, 0.15) is 0 Å². The van der Waals surface area contributed by atoms with Gasteiger partial charge in [0.15, 0.2) is 0 Å². The van der Waals surface area contributed by atoms with E-state index in [0.29, 0.717) is 11.8 Å². The molecule has 0 aromatic carbocycles. The number of rotatable bonds is 1. The van der Waals surface area contributed by atoms with Crippen LogP contribution in [0.4, 0.5) is 4.79 Å². The third-order valence-electron chi connectivity index (χ3n) is 0.0714. The molecule has 0 saturated heterocycles. The van der Waals surface area contributed by atoms with Crippen molar-refractivity contribution in [2.24, 2.45) is 5.73 Å². The quantitative estimate of drug-likeness (QED) is 0.563. The lowest BCUT2D eigenvalue weighted by Crippen LogP contribution is -2.03. The molecule has 0 heterocycles. The van der Waals surface area contributed by atoms with Gasteiger partial charge < -0.3 is 10.8 Å². The van der Waals surface area contributed by atoms with Gasteiger partial charge in [0.25, 0.3) is 0 Å². The molecule has 8 heavy (non-hydrogen) atoms. The maximum atomic E-state index is 8.78. The van der Waals surface area contributed by atoms with Crippen LogP contribution in [0.25, 0.3) is 0 Å². The number of primary amides is 1. The predicted octanol–water partition coefficient (Wildman–Crippen LogP) is 1.09. The van der Waals surface area contributed by atoms with Gasteiger partial charge in [-0.3, -0.25) is 0 Å². The van der Waals surface area contributed by atoms with Crippen LogP contribution in [0.15, 0.2) is 0 Å². The summed E-state index contributed by atoms with van der Waals surface area (Å²) < 4.78 is 0. The average molecular weight is 160 g/mol. The second kappa shape index (κ2) is 9.97. The smallest absolute Gasteiger partial charge is 0.402 e. The lowest BCUT2D eigenvalue weighted by Gasteiger charge is -1.63. The monoisotopic (exact) mass is 159 g/mol. The summed E-state index contributed by atoms with van der Waals surface area (Å²) in [6.45, 7) is 0. The molecule has 5 heteroatoms. The Kier molecular flexibility index (Phi) is 13.4. The second-order valence-corrected chi connectivity index (χ2v) is 1.47. The van der Waals surface area contributed by atoms with Gasteiger partial charge in [-0.15, -0.1) is 23.2 Å². The number of amides is 1. The summed E-state index contributed by atoms with van der Waals surface area (Å²) in [5.41, 5.74) is 4.03. The Morgan fingerprint density at radius 3 is 1.62 bits per heavy atom. The van der Waals surface area contributed by atoms with Gasteiger partial charge in [0, 0.05) is 11.8 Å². The predicted molar refractivity (Wildman–Crippen MR) is 33.7 cm³/mol. The summed E-state index contributed by atoms with van der Waals surface area (Å²) in [6, 6.07) is 0. The minimum atomic E-state index is -1.33. The maximum absolute atomic E-state index is 8.78. The molecule has 0 radical (unpaired) electrons. The Bertz CT molecular complexity index is 53.2. The molecule has 0 atom stereocenters. The lowest BCUT2D eigenvalue weighted by atomic mass is 11.0. The molecule has 3 nitrogen and oxygen atoms in total. The highest BCUT2D eigenvalue weighted by Gasteiger charge is 1.65. The van der Waals surface area contributed by atoms with Gasteiger partial charge in [-0.2, -0.15) is 0 Å². The van der Waals surface area contributed by atoms with Crippen LogP contribution in [0.1, 0.15) is 0 Å². The highest BCUT2D eigenvalue weighted by molar-refractivity contribution is 6.25. The molecule has 0 saturated carbocycles. The largest absolute Gasteiger partial charge is 0.465 e. The molecule has 0 aliphatic carbocycles. The summed E-state index contributed by atoms with van der Waals surface area (Å²) in [7, 11) is 0. The molecule has 0 aromatic heterocycles. The zero-order valence-corrected chi connectivity index (χ0v) is 5.61. The summed E-state index contributed by atoms with van der Waals surface area (Å²) in [5, 5.41) is 7.19. The van der Waals surface area contributed by atoms with Crippen molar-refractivity contribution in [1.82, 2.24) is 0 Å². The van der Waals surface area contributed by atoms with E-state index in [-0.39, 0.29) is 0 Å². The molecule has 0 aromatic rings. The van der Waals surface area contributed by atoms with Crippen LogP contribution in [0.5, 0.6) is 0 Å². The first kappa shape index (κ1) is 10.8. The van der Waals surface area contributed by atoms with E-state index in [0.717, 1.165) is 0 Å². The number of hydrogen-bond donors (Lipinski definition) is 2. The van der Waals surface area contributed by atoms with E-state index < -0.39 is 6.09 Å². The Morgan fingerprint density at radius 2 is 1.62 bits per heavy atom. The third kappa shape index (κ3) is 190. The van der Waals surface area contributed by atoms with E-state index in [1.165, 1.54) is 0 Å². The van der Waals surface area contributed by atoms with Gasteiger partial charge in [-0.25, -0.2) is 4.79 Å². The number of carbonyl (C=O) groups is 1. The van der Waals surface area contributed by atoms with Crippen LogP contribution in [-0.2, 0) is 0 Å². The molecule has 1 amide bonds. The Balaban J connectivity index is 0. The Hall–Kier alpha value is -0.150. The number of halogens is 2. The molecule has 0 rings (SSSR count). The standard InChI is InChI=1S/C2H4Cl2.CH3NO2/c3-1-2-4;2-1(3)4/h1-2H2;2H2,(H,3,4). The minimum absolute atomic E-state index is 0.557. The van der Waals surface area contributed by atoms with Crippen LogP contribution in [-0.4, -0.2) is 23.0 Å². The molecule has 0 aliphatic rings. The van der Waals surface area contributed by atoms with E-state index in [4.69, 9.17) is 33.1 Å². The normalized spacial score (nSPS) is 6.75. The summed E-state index contributed by atoms with van der Waals surface area (Å²) in [6.07, 6.45) is -1.33. The fraction of sp³-hybridized carbons (Fsp3) is 0.667. The van der Waals surface area contributed by atoms with Crippen LogP contribution in [0.2, 0.25) is 0 Å². The number of nitrogens with two attached hydrogens (primary N) is 1. The Morgan fingerprint density at radius 1 is 1.50 bits per heavy atom. The summed E-state index contributed by atoms with van der Waals surface area (Å²) >= 11 is 10.1. The second-order valence-electron chi connectivity index (χ2n) is 0.716. The number of hydrogen-bond acceptors (Lipinski definition) is 1. The van der Waals surface area contributed by atoms with E-state index in [9.17, 15) is 0 Å². The van der Waals surface area contributed by atoms with Gasteiger partial charge in [-0.05, 0) is 0 Å². The minimum Gasteiger partial charge on any atom is -0.465 e. The first-order valence-electron chi connectivity index (χ1n) is 1.75. The van der Waals surface area contributed by atoms with Crippen molar-refractivity contribution in [3.63, 3.8) is 0 Å². The van der Waals surface area contributed by atoms with Gasteiger partial charge in [-0.1, -0.05) is 0 Å². The van der Waals surface area contributed by atoms with Crippen molar-refractivity contribution in [2.45, 2.75) is 0 Å². The van der Waals surface area contributed by atoms with E-state index >= 15 is 0 Å². The van der Waals surface area contributed by atoms with E-state index in [2.05, 4.69) is 5.73 Å². The van der Waals surface area contributed by atoms with Crippen molar-refractivity contribution in [1.29, 1.82) is 0 Å². The molecule has 0 bridgehead atoms. The van der Waals surface area contributed by atoms with Gasteiger partial charge in [0.05, 0.1) is 0 Å². The van der Waals surface area contributed by atoms with Crippen molar-refractivity contribution in [3.8, 4) is 0 Å². The zero-order chi connectivity index (χ0) is 6.99. The number of alkyl halides is 2. The van der Waals surface area contributed by atoms with Crippen molar-refractivity contribution in [3.05, 3.63) is 0 Å². The molecule has 0 spiro atoms. The third-order valence-corrected chi connectivity index (χ3v) is 0.643. The van der Waals surface area contributed by atoms with Crippen molar-refractivity contribution < 1.29 is 9.90 Å². The SMILES string of the molecule is ClCCCl.NC(=O)O. The summed E-state index contributed by atoms with van der Waals surface area (Å²) in [5.74, 6) is 1.11. The molecule has 0 unspecified atom stereocenters. The molecular weight excluding hydrogens is 153 g/mol. The zero-order valence-electron chi connectivity index (χ0n) is 4.10.